The van der Waals surface area contributed by atoms with Crippen molar-refractivity contribution in [3.63, 3.8) is 0 Å². The number of hydrogen-bond acceptors (Lipinski definition) is 2. The van der Waals surface area contributed by atoms with Gasteiger partial charge in [0.15, 0.2) is 0 Å². The Labute approximate surface area is 97.9 Å². The van der Waals surface area contributed by atoms with E-state index >= 15 is 0 Å². The van der Waals surface area contributed by atoms with Gasteiger partial charge in [0.1, 0.15) is 0 Å². The fraction of sp³-hybridized carbons (Fsp3) is 0.571. The van der Waals surface area contributed by atoms with E-state index in [1.54, 1.807) is 0 Å². The Hall–Kier alpha value is -0.860. The van der Waals surface area contributed by atoms with Crippen molar-refractivity contribution in [2.24, 2.45) is 0 Å². The van der Waals surface area contributed by atoms with Gasteiger partial charge in [0, 0.05) is 12.6 Å². The number of benzene rings is 1. The molecule has 2 heteroatoms. The molecule has 16 heavy (non-hydrogen) atoms. The van der Waals surface area contributed by atoms with Crippen molar-refractivity contribution in [1.82, 2.24) is 4.90 Å². The molecule has 88 valence electrons. The summed E-state index contributed by atoms with van der Waals surface area (Å²) in [5.41, 5.74) is 1.02. The molecule has 0 heterocycles. The molecule has 1 aromatic rings. The second kappa shape index (κ2) is 5.46. The van der Waals surface area contributed by atoms with Crippen LogP contribution in [-0.4, -0.2) is 29.6 Å². The highest BCUT2D eigenvalue weighted by Crippen LogP contribution is 2.24. The molecule has 0 aliphatic heterocycles. The quantitative estimate of drug-likeness (QED) is 0.841. The largest absolute Gasteiger partial charge is 0.387 e. The molecular weight excluding hydrogens is 198 g/mol. The second-order valence-corrected chi connectivity index (χ2v) is 4.80. The van der Waals surface area contributed by atoms with Crippen molar-refractivity contribution in [2.75, 3.05) is 13.6 Å². The Balaban J connectivity index is 1.89. The van der Waals surface area contributed by atoms with E-state index in [2.05, 4.69) is 11.9 Å². The van der Waals surface area contributed by atoms with Crippen LogP contribution in [0.5, 0.6) is 0 Å². The zero-order chi connectivity index (χ0) is 11.4. The summed E-state index contributed by atoms with van der Waals surface area (Å²) < 4.78 is 0. The molecule has 0 spiro atoms. The van der Waals surface area contributed by atoms with E-state index in [0.717, 1.165) is 12.1 Å². The van der Waals surface area contributed by atoms with Gasteiger partial charge >= 0.3 is 0 Å². The normalized spacial score (nSPS) is 19.2. The summed E-state index contributed by atoms with van der Waals surface area (Å²) in [4.78, 5) is 2.31. The molecular formula is C14H21NO. The van der Waals surface area contributed by atoms with E-state index in [4.69, 9.17) is 0 Å². The number of likely N-dealkylation sites (N-methyl/N-ethyl adjacent to an activating group) is 1. The maximum atomic E-state index is 10.1. The average molecular weight is 219 g/mol. The maximum absolute atomic E-state index is 10.1. The molecule has 2 nitrogen and oxygen atoms in total. The SMILES string of the molecule is CN(CC(O)c1ccccc1)C1CCCC1. The minimum Gasteiger partial charge on any atom is -0.387 e. The van der Waals surface area contributed by atoms with Crippen LogP contribution >= 0.6 is 0 Å². The highest BCUT2D eigenvalue weighted by atomic mass is 16.3. The summed E-state index contributed by atoms with van der Waals surface area (Å²) in [5, 5.41) is 10.1. The molecule has 1 N–H and O–H groups in total. The minimum absolute atomic E-state index is 0.355. The Bertz CT molecular complexity index is 306. The van der Waals surface area contributed by atoms with Gasteiger partial charge in [0.2, 0.25) is 0 Å². The highest BCUT2D eigenvalue weighted by Gasteiger charge is 2.21. The molecule has 1 aliphatic carbocycles. The third-order valence-corrected chi connectivity index (χ3v) is 3.59. The fourth-order valence-corrected chi connectivity index (χ4v) is 2.55. The van der Waals surface area contributed by atoms with Crippen LogP contribution < -0.4 is 0 Å². The monoisotopic (exact) mass is 219 g/mol. The van der Waals surface area contributed by atoms with Crippen LogP contribution in [-0.2, 0) is 0 Å². The van der Waals surface area contributed by atoms with Gasteiger partial charge in [-0.2, -0.15) is 0 Å². The first-order chi connectivity index (χ1) is 7.77. The highest BCUT2D eigenvalue weighted by molar-refractivity contribution is 5.17. The maximum Gasteiger partial charge on any atom is 0.0916 e. The molecule has 1 aliphatic rings. The average Bonchev–Trinajstić information content (AvgIpc) is 2.83. The predicted molar refractivity (Wildman–Crippen MR) is 66.3 cm³/mol. The molecule has 2 rings (SSSR count). The number of aliphatic hydroxyl groups is 1. The van der Waals surface area contributed by atoms with Gasteiger partial charge in [0.25, 0.3) is 0 Å². The van der Waals surface area contributed by atoms with Crippen LogP contribution in [0.25, 0.3) is 0 Å². The van der Waals surface area contributed by atoms with E-state index in [1.807, 2.05) is 30.3 Å². The Morgan fingerprint density at radius 2 is 1.88 bits per heavy atom. The van der Waals surface area contributed by atoms with Crippen molar-refractivity contribution in [1.29, 1.82) is 0 Å². The topological polar surface area (TPSA) is 23.5 Å². The summed E-state index contributed by atoms with van der Waals surface area (Å²) in [7, 11) is 2.13. The van der Waals surface area contributed by atoms with Crippen LogP contribution in [0.15, 0.2) is 30.3 Å². The summed E-state index contributed by atoms with van der Waals surface area (Å²) in [6, 6.07) is 10.6. The van der Waals surface area contributed by atoms with Crippen molar-refractivity contribution < 1.29 is 5.11 Å². The van der Waals surface area contributed by atoms with Gasteiger partial charge in [0.05, 0.1) is 6.10 Å². The standard InChI is InChI=1S/C14H21NO/c1-15(13-9-5-6-10-13)11-14(16)12-7-3-2-4-8-12/h2-4,7-8,13-14,16H,5-6,9-11H2,1H3. The fourth-order valence-electron chi connectivity index (χ4n) is 2.55. The van der Waals surface area contributed by atoms with E-state index in [1.165, 1.54) is 25.7 Å². The summed E-state index contributed by atoms with van der Waals surface area (Å²) in [6.45, 7) is 0.745. The van der Waals surface area contributed by atoms with Gasteiger partial charge in [-0.3, -0.25) is 0 Å². The van der Waals surface area contributed by atoms with E-state index < -0.39 is 0 Å². The molecule has 0 aromatic heterocycles. The van der Waals surface area contributed by atoms with E-state index in [9.17, 15) is 5.11 Å². The summed E-state index contributed by atoms with van der Waals surface area (Å²) in [6.07, 6.45) is 4.91. The Morgan fingerprint density at radius 3 is 2.50 bits per heavy atom. The van der Waals surface area contributed by atoms with Gasteiger partial charge in [-0.15, -0.1) is 0 Å². The number of hydrogen-bond donors (Lipinski definition) is 1. The lowest BCUT2D eigenvalue weighted by Crippen LogP contribution is -2.33. The molecule has 0 bridgehead atoms. The van der Waals surface area contributed by atoms with Crippen molar-refractivity contribution in [3.8, 4) is 0 Å². The molecule has 1 unspecified atom stereocenters. The molecule has 1 fully saturated rings. The molecule has 1 saturated carbocycles. The lowest BCUT2D eigenvalue weighted by molar-refractivity contribution is 0.105. The predicted octanol–water partition coefficient (Wildman–Crippen LogP) is 2.59. The first kappa shape index (κ1) is 11.6. The third-order valence-electron chi connectivity index (χ3n) is 3.59. The zero-order valence-electron chi connectivity index (χ0n) is 9.97. The van der Waals surface area contributed by atoms with E-state index in [0.29, 0.717) is 6.04 Å². The molecule has 0 radical (unpaired) electrons. The van der Waals surface area contributed by atoms with Gasteiger partial charge in [-0.1, -0.05) is 43.2 Å². The molecule has 1 atom stereocenters. The summed E-state index contributed by atoms with van der Waals surface area (Å²) in [5.74, 6) is 0. The van der Waals surface area contributed by atoms with Crippen LogP contribution in [0, 0.1) is 0 Å². The molecule has 0 saturated heterocycles. The van der Waals surface area contributed by atoms with E-state index in [-0.39, 0.29) is 6.10 Å². The Morgan fingerprint density at radius 1 is 1.25 bits per heavy atom. The number of nitrogens with zero attached hydrogens (tertiary/aromatic N) is 1. The third kappa shape index (κ3) is 2.83. The smallest absolute Gasteiger partial charge is 0.0916 e. The minimum atomic E-state index is -0.355. The molecule has 0 amide bonds. The number of aliphatic hydroxyl groups excluding tert-OH is 1. The Kier molecular flexibility index (Phi) is 3.97. The first-order valence-electron chi connectivity index (χ1n) is 6.20. The van der Waals surface area contributed by atoms with Crippen LogP contribution in [0.1, 0.15) is 37.4 Å². The number of rotatable bonds is 4. The lowest BCUT2D eigenvalue weighted by atomic mass is 10.1. The van der Waals surface area contributed by atoms with Crippen LogP contribution in [0.4, 0.5) is 0 Å². The van der Waals surface area contributed by atoms with Crippen molar-refractivity contribution in [3.05, 3.63) is 35.9 Å². The zero-order valence-corrected chi connectivity index (χ0v) is 9.97. The lowest BCUT2D eigenvalue weighted by Gasteiger charge is -2.26. The second-order valence-electron chi connectivity index (χ2n) is 4.80. The van der Waals surface area contributed by atoms with Crippen LogP contribution in [0.3, 0.4) is 0 Å². The molecule has 1 aromatic carbocycles. The van der Waals surface area contributed by atoms with Crippen LogP contribution in [0.2, 0.25) is 0 Å². The van der Waals surface area contributed by atoms with Gasteiger partial charge in [-0.25, -0.2) is 0 Å². The van der Waals surface area contributed by atoms with Crippen molar-refractivity contribution in [2.45, 2.75) is 37.8 Å². The van der Waals surface area contributed by atoms with Crippen molar-refractivity contribution >= 4 is 0 Å². The summed E-state index contributed by atoms with van der Waals surface area (Å²) >= 11 is 0. The first-order valence-corrected chi connectivity index (χ1v) is 6.20. The van der Waals surface area contributed by atoms with Gasteiger partial charge in [-0.05, 0) is 25.5 Å². The van der Waals surface area contributed by atoms with Gasteiger partial charge < -0.3 is 10.0 Å².